The summed E-state index contributed by atoms with van der Waals surface area (Å²) in [7, 11) is 2.03. The molecule has 0 amide bonds. The quantitative estimate of drug-likeness (QED) is 0.728. The molecule has 3 aromatic carbocycles. The van der Waals surface area contributed by atoms with Crippen LogP contribution in [0, 0.1) is 0 Å². The molecule has 3 rings (SSSR count). The molecule has 1 atom stereocenters. The van der Waals surface area contributed by atoms with Crippen LogP contribution in [0.5, 0.6) is 0 Å². The summed E-state index contributed by atoms with van der Waals surface area (Å²) in [5.41, 5.74) is 2.83. The van der Waals surface area contributed by atoms with Crippen molar-refractivity contribution in [2.75, 3.05) is 13.6 Å². The van der Waals surface area contributed by atoms with Crippen molar-refractivity contribution in [1.29, 1.82) is 0 Å². The van der Waals surface area contributed by atoms with E-state index < -0.39 is 0 Å². The number of nitrogens with one attached hydrogen (secondary N) is 1. The second kappa shape index (κ2) is 6.55. The topological polar surface area (TPSA) is 12.0 Å². The van der Waals surface area contributed by atoms with Gasteiger partial charge in [-0.25, -0.2) is 0 Å². The largest absolute Gasteiger partial charge is 0.319 e. The summed E-state index contributed by atoms with van der Waals surface area (Å²) < 4.78 is 0. The van der Waals surface area contributed by atoms with Crippen LogP contribution in [-0.2, 0) is 6.42 Å². The molecule has 1 unspecified atom stereocenters. The van der Waals surface area contributed by atoms with Gasteiger partial charge in [-0.05, 0) is 35.4 Å². The van der Waals surface area contributed by atoms with E-state index in [4.69, 9.17) is 0 Å². The van der Waals surface area contributed by atoms with Crippen LogP contribution in [0.4, 0.5) is 0 Å². The van der Waals surface area contributed by atoms with Gasteiger partial charge >= 0.3 is 0 Å². The molecule has 106 valence electrons. The highest BCUT2D eigenvalue weighted by Gasteiger charge is 2.12. The maximum atomic E-state index is 3.33. The maximum Gasteiger partial charge on any atom is 0.00203 e. The lowest BCUT2D eigenvalue weighted by molar-refractivity contribution is 0.627. The van der Waals surface area contributed by atoms with Gasteiger partial charge in [0.2, 0.25) is 0 Å². The summed E-state index contributed by atoms with van der Waals surface area (Å²) in [5, 5.41) is 6.03. The molecule has 1 nitrogen and oxygen atoms in total. The predicted molar refractivity (Wildman–Crippen MR) is 90.8 cm³/mol. The molecule has 0 radical (unpaired) electrons. The van der Waals surface area contributed by atoms with E-state index in [-0.39, 0.29) is 0 Å². The van der Waals surface area contributed by atoms with Crippen molar-refractivity contribution in [3.63, 3.8) is 0 Å². The first kappa shape index (κ1) is 13.8. The van der Waals surface area contributed by atoms with Gasteiger partial charge in [-0.2, -0.15) is 0 Å². The minimum absolute atomic E-state index is 0.502. The van der Waals surface area contributed by atoms with Crippen LogP contribution in [0.15, 0.2) is 72.8 Å². The van der Waals surface area contributed by atoms with Crippen LogP contribution < -0.4 is 5.32 Å². The van der Waals surface area contributed by atoms with Gasteiger partial charge in [0.15, 0.2) is 0 Å². The van der Waals surface area contributed by atoms with Gasteiger partial charge in [0.1, 0.15) is 0 Å². The van der Waals surface area contributed by atoms with E-state index in [1.165, 1.54) is 21.9 Å². The Bertz CT molecular complexity index is 698. The fraction of sp³-hybridized carbons (Fsp3) is 0.200. The average molecular weight is 275 g/mol. The Hall–Kier alpha value is -2.12. The zero-order valence-corrected chi connectivity index (χ0v) is 12.4. The van der Waals surface area contributed by atoms with Crippen LogP contribution >= 0.6 is 0 Å². The highest BCUT2D eigenvalue weighted by molar-refractivity contribution is 5.85. The van der Waals surface area contributed by atoms with Gasteiger partial charge in [-0.15, -0.1) is 0 Å². The van der Waals surface area contributed by atoms with Crippen LogP contribution in [0.25, 0.3) is 10.8 Å². The Labute approximate surface area is 126 Å². The highest BCUT2D eigenvalue weighted by Crippen LogP contribution is 2.25. The zero-order valence-electron chi connectivity index (χ0n) is 12.4. The molecule has 0 saturated heterocycles. The highest BCUT2D eigenvalue weighted by atomic mass is 14.8. The molecule has 0 fully saturated rings. The number of rotatable bonds is 5. The van der Waals surface area contributed by atoms with E-state index in [0.29, 0.717) is 5.92 Å². The van der Waals surface area contributed by atoms with E-state index >= 15 is 0 Å². The summed E-state index contributed by atoms with van der Waals surface area (Å²) in [6, 6.07) is 26.1. The molecule has 0 spiro atoms. The Balaban J connectivity index is 1.95. The van der Waals surface area contributed by atoms with Gasteiger partial charge in [0.05, 0.1) is 0 Å². The first-order valence-corrected chi connectivity index (χ1v) is 7.54. The van der Waals surface area contributed by atoms with Crippen molar-refractivity contribution < 1.29 is 0 Å². The molecule has 3 aromatic rings. The van der Waals surface area contributed by atoms with Gasteiger partial charge in [-0.1, -0.05) is 72.8 Å². The Morgan fingerprint density at radius 1 is 0.810 bits per heavy atom. The molecule has 0 aliphatic carbocycles. The summed E-state index contributed by atoms with van der Waals surface area (Å²) in [5.74, 6) is 0.502. The molecule has 21 heavy (non-hydrogen) atoms. The maximum absolute atomic E-state index is 3.33. The molecule has 0 heterocycles. The van der Waals surface area contributed by atoms with Crippen molar-refractivity contribution in [2.24, 2.45) is 0 Å². The molecular formula is C20H21N. The summed E-state index contributed by atoms with van der Waals surface area (Å²) in [6.07, 6.45) is 1.06. The van der Waals surface area contributed by atoms with Crippen molar-refractivity contribution in [3.8, 4) is 0 Å². The fourth-order valence-electron chi connectivity index (χ4n) is 3.02. The number of hydrogen-bond acceptors (Lipinski definition) is 1. The molecule has 1 N–H and O–H groups in total. The Morgan fingerprint density at radius 2 is 1.52 bits per heavy atom. The lowest BCUT2D eigenvalue weighted by atomic mass is 9.89. The van der Waals surface area contributed by atoms with E-state index in [9.17, 15) is 0 Å². The molecule has 0 saturated carbocycles. The van der Waals surface area contributed by atoms with Crippen molar-refractivity contribution in [2.45, 2.75) is 12.3 Å². The van der Waals surface area contributed by atoms with E-state index in [0.717, 1.165) is 13.0 Å². The second-order valence-electron chi connectivity index (χ2n) is 5.51. The minimum Gasteiger partial charge on any atom is -0.319 e. The molecule has 0 aromatic heterocycles. The third kappa shape index (κ3) is 3.14. The average Bonchev–Trinajstić information content (AvgIpc) is 2.55. The van der Waals surface area contributed by atoms with Crippen LogP contribution in [-0.4, -0.2) is 13.6 Å². The van der Waals surface area contributed by atoms with E-state index in [2.05, 4.69) is 78.1 Å². The Morgan fingerprint density at radius 3 is 2.33 bits per heavy atom. The Kier molecular flexibility index (Phi) is 4.32. The molecule has 0 aliphatic rings. The fourth-order valence-corrected chi connectivity index (χ4v) is 3.02. The SMILES string of the molecule is CNCC(Cc1cccc2ccccc12)c1ccccc1. The lowest BCUT2D eigenvalue weighted by Crippen LogP contribution is -2.19. The monoisotopic (exact) mass is 275 g/mol. The standard InChI is InChI=1S/C20H21N/c1-21-15-19(16-8-3-2-4-9-16)14-18-12-7-11-17-10-5-6-13-20(17)18/h2-13,19,21H,14-15H2,1H3. The molecular weight excluding hydrogens is 254 g/mol. The summed E-state index contributed by atoms with van der Waals surface area (Å²) in [4.78, 5) is 0. The summed E-state index contributed by atoms with van der Waals surface area (Å²) >= 11 is 0. The van der Waals surface area contributed by atoms with Crippen LogP contribution in [0.3, 0.4) is 0 Å². The van der Waals surface area contributed by atoms with Gasteiger partial charge < -0.3 is 5.32 Å². The van der Waals surface area contributed by atoms with Crippen molar-refractivity contribution >= 4 is 10.8 Å². The van der Waals surface area contributed by atoms with E-state index in [1.807, 2.05) is 7.05 Å². The lowest BCUT2D eigenvalue weighted by Gasteiger charge is -2.18. The third-order valence-corrected chi connectivity index (χ3v) is 4.07. The number of hydrogen-bond donors (Lipinski definition) is 1. The van der Waals surface area contributed by atoms with Gasteiger partial charge in [-0.3, -0.25) is 0 Å². The first-order chi connectivity index (χ1) is 10.4. The molecule has 0 bridgehead atoms. The third-order valence-electron chi connectivity index (χ3n) is 4.07. The van der Waals surface area contributed by atoms with Crippen LogP contribution in [0.1, 0.15) is 17.0 Å². The second-order valence-corrected chi connectivity index (χ2v) is 5.51. The minimum atomic E-state index is 0.502. The summed E-state index contributed by atoms with van der Waals surface area (Å²) in [6.45, 7) is 0.993. The van der Waals surface area contributed by atoms with Crippen molar-refractivity contribution in [3.05, 3.63) is 83.9 Å². The smallest absolute Gasteiger partial charge is 0.00203 e. The van der Waals surface area contributed by atoms with Gasteiger partial charge in [0, 0.05) is 12.5 Å². The zero-order chi connectivity index (χ0) is 14.5. The number of fused-ring (bicyclic) bond motifs is 1. The van der Waals surface area contributed by atoms with Crippen molar-refractivity contribution in [1.82, 2.24) is 5.32 Å². The predicted octanol–water partition coefficient (Wildman–Crippen LogP) is 4.39. The number of likely N-dealkylation sites (N-methyl/N-ethyl adjacent to an activating group) is 1. The first-order valence-electron chi connectivity index (χ1n) is 7.54. The molecule has 1 heteroatoms. The number of benzene rings is 3. The molecule has 0 aliphatic heterocycles. The normalized spacial score (nSPS) is 12.4. The van der Waals surface area contributed by atoms with Crippen LogP contribution in [0.2, 0.25) is 0 Å². The van der Waals surface area contributed by atoms with Gasteiger partial charge in [0.25, 0.3) is 0 Å². The van der Waals surface area contributed by atoms with E-state index in [1.54, 1.807) is 0 Å².